The molecule has 0 aliphatic rings. The molecule has 0 radical (unpaired) electrons. The SMILES string of the molecule is COC(=O)CCC(=O)c1ccc(-c2ccc(C(F)(F)F)cc2)cc1. The summed E-state index contributed by atoms with van der Waals surface area (Å²) in [7, 11) is 1.26. The van der Waals surface area contributed by atoms with Crippen molar-refractivity contribution in [2.45, 2.75) is 19.0 Å². The van der Waals surface area contributed by atoms with Gasteiger partial charge in [-0.25, -0.2) is 0 Å². The van der Waals surface area contributed by atoms with E-state index in [1.165, 1.54) is 19.2 Å². The van der Waals surface area contributed by atoms with Gasteiger partial charge in [0, 0.05) is 12.0 Å². The fraction of sp³-hybridized carbons (Fsp3) is 0.222. The molecule has 6 heteroatoms. The van der Waals surface area contributed by atoms with Gasteiger partial charge < -0.3 is 4.74 Å². The number of ether oxygens (including phenoxy) is 1. The van der Waals surface area contributed by atoms with E-state index < -0.39 is 17.7 Å². The van der Waals surface area contributed by atoms with Crippen molar-refractivity contribution in [2.24, 2.45) is 0 Å². The molecule has 0 bridgehead atoms. The normalized spacial score (nSPS) is 11.2. The zero-order chi connectivity index (χ0) is 17.7. The number of methoxy groups -OCH3 is 1. The van der Waals surface area contributed by atoms with E-state index in [-0.39, 0.29) is 18.6 Å². The minimum Gasteiger partial charge on any atom is -0.469 e. The van der Waals surface area contributed by atoms with Crippen LogP contribution in [0.5, 0.6) is 0 Å². The highest BCUT2D eigenvalue weighted by Gasteiger charge is 2.29. The maximum Gasteiger partial charge on any atom is 0.416 e. The maximum atomic E-state index is 12.5. The zero-order valence-corrected chi connectivity index (χ0v) is 12.9. The largest absolute Gasteiger partial charge is 0.469 e. The third-order valence-electron chi connectivity index (χ3n) is 3.54. The van der Waals surface area contributed by atoms with E-state index >= 15 is 0 Å². The van der Waals surface area contributed by atoms with Crippen molar-refractivity contribution < 1.29 is 27.5 Å². The first-order valence-corrected chi connectivity index (χ1v) is 7.19. The standard InChI is InChI=1S/C18H15F3O3/c1-24-17(23)11-10-16(22)14-4-2-12(3-5-14)13-6-8-15(9-7-13)18(19,20)21/h2-9H,10-11H2,1H3. The van der Waals surface area contributed by atoms with Gasteiger partial charge in [-0.1, -0.05) is 36.4 Å². The first-order chi connectivity index (χ1) is 11.3. The summed E-state index contributed by atoms with van der Waals surface area (Å²) in [5, 5.41) is 0. The predicted octanol–water partition coefficient (Wildman–Crippen LogP) is 4.51. The lowest BCUT2D eigenvalue weighted by Crippen LogP contribution is -2.06. The highest BCUT2D eigenvalue weighted by atomic mass is 19.4. The maximum absolute atomic E-state index is 12.5. The van der Waals surface area contributed by atoms with Gasteiger partial charge in [0.05, 0.1) is 19.1 Å². The van der Waals surface area contributed by atoms with Gasteiger partial charge in [0.25, 0.3) is 0 Å². The lowest BCUT2D eigenvalue weighted by molar-refractivity contribution is -0.140. The first-order valence-electron chi connectivity index (χ1n) is 7.19. The van der Waals surface area contributed by atoms with Crippen LogP contribution in [0.25, 0.3) is 11.1 Å². The van der Waals surface area contributed by atoms with Gasteiger partial charge in [-0.2, -0.15) is 13.2 Å². The third kappa shape index (κ3) is 4.44. The van der Waals surface area contributed by atoms with Crippen LogP contribution >= 0.6 is 0 Å². The van der Waals surface area contributed by atoms with Crippen molar-refractivity contribution in [3.05, 3.63) is 59.7 Å². The van der Waals surface area contributed by atoms with Crippen molar-refractivity contribution in [1.29, 1.82) is 0 Å². The van der Waals surface area contributed by atoms with Gasteiger partial charge in [-0.15, -0.1) is 0 Å². The fourth-order valence-corrected chi connectivity index (χ4v) is 2.16. The van der Waals surface area contributed by atoms with Crippen molar-refractivity contribution in [3.8, 4) is 11.1 Å². The molecule has 0 amide bonds. The van der Waals surface area contributed by atoms with Gasteiger partial charge in [-0.05, 0) is 23.3 Å². The van der Waals surface area contributed by atoms with E-state index in [0.29, 0.717) is 16.7 Å². The highest BCUT2D eigenvalue weighted by Crippen LogP contribution is 2.31. The number of hydrogen-bond donors (Lipinski definition) is 0. The smallest absolute Gasteiger partial charge is 0.416 e. The first kappa shape index (κ1) is 17.7. The summed E-state index contributed by atoms with van der Waals surface area (Å²) in [6.45, 7) is 0. The molecule has 2 rings (SSSR count). The lowest BCUT2D eigenvalue weighted by atomic mass is 10.00. The van der Waals surface area contributed by atoms with Crippen LogP contribution in [-0.2, 0) is 15.7 Å². The molecular formula is C18H15F3O3. The molecule has 0 aliphatic carbocycles. The van der Waals surface area contributed by atoms with E-state index in [1.54, 1.807) is 24.3 Å². The predicted molar refractivity (Wildman–Crippen MR) is 82.5 cm³/mol. The van der Waals surface area contributed by atoms with Gasteiger partial charge in [0.15, 0.2) is 5.78 Å². The molecule has 126 valence electrons. The van der Waals surface area contributed by atoms with Crippen molar-refractivity contribution in [2.75, 3.05) is 7.11 Å². The summed E-state index contributed by atoms with van der Waals surface area (Å²) in [6.07, 6.45) is -4.31. The van der Waals surface area contributed by atoms with Crippen LogP contribution < -0.4 is 0 Å². The van der Waals surface area contributed by atoms with Gasteiger partial charge >= 0.3 is 12.1 Å². The molecule has 0 aliphatic heterocycles. The quantitative estimate of drug-likeness (QED) is 0.596. The Balaban J connectivity index is 2.09. The van der Waals surface area contributed by atoms with Crippen LogP contribution in [0.4, 0.5) is 13.2 Å². The molecule has 0 N–H and O–H groups in total. The Labute approximate surface area is 137 Å². The van der Waals surface area contributed by atoms with Gasteiger partial charge in [0.2, 0.25) is 0 Å². The topological polar surface area (TPSA) is 43.4 Å². The van der Waals surface area contributed by atoms with Crippen molar-refractivity contribution >= 4 is 11.8 Å². The number of carbonyl (C=O) groups is 2. The van der Waals surface area contributed by atoms with Crippen LogP contribution in [0.3, 0.4) is 0 Å². The molecule has 2 aromatic rings. The number of halogens is 3. The molecule has 0 saturated heterocycles. The Kier molecular flexibility index (Phi) is 5.39. The second kappa shape index (κ2) is 7.29. The van der Waals surface area contributed by atoms with Crippen LogP contribution in [0.15, 0.2) is 48.5 Å². The molecule has 0 fully saturated rings. The summed E-state index contributed by atoms with van der Waals surface area (Å²) in [5.41, 5.74) is 1.06. The Bertz CT molecular complexity index is 717. The summed E-state index contributed by atoms with van der Waals surface area (Å²) in [6, 6.07) is 11.3. The van der Waals surface area contributed by atoms with Crippen LogP contribution in [-0.4, -0.2) is 18.9 Å². The fourth-order valence-electron chi connectivity index (χ4n) is 2.16. The van der Waals surface area contributed by atoms with Crippen LogP contribution in [0.1, 0.15) is 28.8 Å². The number of carbonyl (C=O) groups excluding carboxylic acids is 2. The Hall–Kier alpha value is -2.63. The Morgan fingerprint density at radius 1 is 0.875 bits per heavy atom. The highest BCUT2D eigenvalue weighted by molar-refractivity contribution is 5.97. The van der Waals surface area contributed by atoms with E-state index in [9.17, 15) is 22.8 Å². The van der Waals surface area contributed by atoms with E-state index in [1.807, 2.05) is 0 Å². The van der Waals surface area contributed by atoms with Crippen LogP contribution in [0.2, 0.25) is 0 Å². The molecule has 2 aromatic carbocycles. The molecule has 0 atom stereocenters. The molecule has 0 unspecified atom stereocenters. The summed E-state index contributed by atoms with van der Waals surface area (Å²) in [4.78, 5) is 23.0. The number of esters is 1. The van der Waals surface area contributed by atoms with Crippen molar-refractivity contribution in [3.63, 3.8) is 0 Å². The number of alkyl halides is 3. The monoisotopic (exact) mass is 336 g/mol. The molecular weight excluding hydrogens is 321 g/mol. The Morgan fingerprint density at radius 2 is 1.38 bits per heavy atom. The lowest BCUT2D eigenvalue weighted by Gasteiger charge is -2.08. The van der Waals surface area contributed by atoms with Gasteiger partial charge in [-0.3, -0.25) is 9.59 Å². The average molecular weight is 336 g/mol. The second-order valence-electron chi connectivity index (χ2n) is 5.15. The molecule has 24 heavy (non-hydrogen) atoms. The molecule has 0 heterocycles. The Morgan fingerprint density at radius 3 is 1.83 bits per heavy atom. The minimum absolute atomic E-state index is 0.00991. The van der Waals surface area contributed by atoms with E-state index in [0.717, 1.165) is 12.1 Å². The number of rotatable bonds is 5. The summed E-state index contributed by atoms with van der Waals surface area (Å²) >= 11 is 0. The summed E-state index contributed by atoms with van der Waals surface area (Å²) < 4.78 is 42.1. The zero-order valence-electron chi connectivity index (χ0n) is 12.9. The van der Waals surface area contributed by atoms with E-state index in [2.05, 4.69) is 4.74 Å². The third-order valence-corrected chi connectivity index (χ3v) is 3.54. The molecule has 3 nitrogen and oxygen atoms in total. The molecule has 0 aromatic heterocycles. The average Bonchev–Trinajstić information content (AvgIpc) is 2.58. The second-order valence-corrected chi connectivity index (χ2v) is 5.15. The van der Waals surface area contributed by atoms with Crippen LogP contribution in [0, 0.1) is 0 Å². The van der Waals surface area contributed by atoms with Crippen molar-refractivity contribution in [1.82, 2.24) is 0 Å². The number of Topliss-reactive ketones (excluding diaryl/α,β-unsaturated/α-hetero) is 1. The molecule has 0 spiro atoms. The number of hydrogen-bond acceptors (Lipinski definition) is 3. The van der Waals surface area contributed by atoms with E-state index in [4.69, 9.17) is 0 Å². The van der Waals surface area contributed by atoms with Gasteiger partial charge in [0.1, 0.15) is 0 Å². The molecule has 0 saturated carbocycles. The number of ketones is 1. The summed E-state index contributed by atoms with van der Waals surface area (Å²) in [5.74, 6) is -0.649. The number of benzene rings is 2. The minimum atomic E-state index is -4.37.